The second kappa shape index (κ2) is 4.21. The molecule has 1 N–H and O–H groups in total. The molecule has 0 unspecified atom stereocenters. The van der Waals surface area contributed by atoms with Gasteiger partial charge in [0, 0.05) is 12.0 Å². The molecule has 4 nitrogen and oxygen atoms in total. The average molecular weight is 213 g/mol. The van der Waals surface area contributed by atoms with Crippen LogP contribution in [0.3, 0.4) is 0 Å². The van der Waals surface area contributed by atoms with Gasteiger partial charge in [-0.05, 0) is 40.0 Å². The van der Waals surface area contributed by atoms with Crippen molar-refractivity contribution < 1.29 is 14.3 Å². The van der Waals surface area contributed by atoms with E-state index in [0.29, 0.717) is 6.42 Å². The van der Waals surface area contributed by atoms with E-state index in [1.54, 1.807) is 0 Å². The van der Waals surface area contributed by atoms with Crippen LogP contribution in [0.15, 0.2) is 0 Å². The van der Waals surface area contributed by atoms with Gasteiger partial charge >= 0.3 is 6.09 Å². The molecule has 15 heavy (non-hydrogen) atoms. The summed E-state index contributed by atoms with van der Waals surface area (Å²) >= 11 is 0. The third kappa shape index (κ3) is 4.32. The molecule has 0 radical (unpaired) electrons. The molecule has 1 aliphatic carbocycles. The first-order valence-electron chi connectivity index (χ1n) is 5.32. The molecule has 1 fully saturated rings. The molecule has 0 spiro atoms. The van der Waals surface area contributed by atoms with Gasteiger partial charge in [0.05, 0.1) is 0 Å². The Kier molecular flexibility index (Phi) is 3.37. The summed E-state index contributed by atoms with van der Waals surface area (Å²) < 4.78 is 5.16. The first kappa shape index (κ1) is 12.0. The molecule has 86 valence electrons. The number of nitrogens with one attached hydrogen (secondary N) is 1. The van der Waals surface area contributed by atoms with Crippen LogP contribution >= 0.6 is 0 Å². The van der Waals surface area contributed by atoms with Crippen molar-refractivity contribution in [3.05, 3.63) is 0 Å². The minimum Gasteiger partial charge on any atom is -0.444 e. The Morgan fingerprint density at radius 3 is 2.47 bits per heavy atom. The molecule has 1 rings (SSSR count). The van der Waals surface area contributed by atoms with Gasteiger partial charge in [0.25, 0.3) is 0 Å². The maximum Gasteiger partial charge on any atom is 0.408 e. The van der Waals surface area contributed by atoms with Gasteiger partial charge in [-0.25, -0.2) is 4.79 Å². The predicted molar refractivity (Wildman–Crippen MR) is 56.6 cm³/mol. The summed E-state index contributed by atoms with van der Waals surface area (Å²) in [6.07, 6.45) is 3.61. The molecule has 0 aromatic heterocycles. The van der Waals surface area contributed by atoms with Crippen molar-refractivity contribution in [1.29, 1.82) is 0 Å². The van der Waals surface area contributed by atoms with Gasteiger partial charge in [0.15, 0.2) is 0 Å². The van der Waals surface area contributed by atoms with Gasteiger partial charge in [0.1, 0.15) is 11.9 Å². The van der Waals surface area contributed by atoms with Crippen LogP contribution in [0.2, 0.25) is 0 Å². The maximum absolute atomic E-state index is 11.5. The van der Waals surface area contributed by atoms with E-state index >= 15 is 0 Å². The van der Waals surface area contributed by atoms with E-state index < -0.39 is 5.60 Å². The molecule has 0 aromatic carbocycles. The molecule has 0 aromatic rings. The number of hydrogen-bond donors (Lipinski definition) is 1. The lowest BCUT2D eigenvalue weighted by Crippen LogP contribution is -2.40. The second-order valence-electron chi connectivity index (χ2n) is 5.11. The van der Waals surface area contributed by atoms with E-state index in [1.165, 1.54) is 0 Å². The summed E-state index contributed by atoms with van der Waals surface area (Å²) in [6, 6.07) is 0. The molecular weight excluding hydrogens is 194 g/mol. The van der Waals surface area contributed by atoms with E-state index in [9.17, 15) is 9.59 Å². The van der Waals surface area contributed by atoms with Crippen LogP contribution in [0.5, 0.6) is 0 Å². The SMILES string of the molecule is CC(C)(C)OC(=O)NC1(CCC=O)CC1. The summed E-state index contributed by atoms with van der Waals surface area (Å²) in [5.41, 5.74) is -0.631. The fourth-order valence-electron chi connectivity index (χ4n) is 1.44. The van der Waals surface area contributed by atoms with Crippen LogP contribution in [0.4, 0.5) is 4.79 Å². The quantitative estimate of drug-likeness (QED) is 0.727. The minimum absolute atomic E-state index is 0.163. The van der Waals surface area contributed by atoms with E-state index in [2.05, 4.69) is 5.32 Å². The zero-order valence-electron chi connectivity index (χ0n) is 9.63. The van der Waals surface area contributed by atoms with Crippen LogP contribution in [-0.4, -0.2) is 23.5 Å². The highest BCUT2D eigenvalue weighted by Gasteiger charge is 2.44. The third-order valence-electron chi connectivity index (χ3n) is 2.36. The lowest BCUT2D eigenvalue weighted by atomic mass is 10.1. The Morgan fingerprint density at radius 2 is 2.07 bits per heavy atom. The average Bonchev–Trinajstić information content (AvgIpc) is 2.78. The van der Waals surface area contributed by atoms with E-state index in [4.69, 9.17) is 4.74 Å². The maximum atomic E-state index is 11.5. The molecule has 4 heteroatoms. The first-order chi connectivity index (χ1) is 6.87. The van der Waals surface area contributed by atoms with E-state index in [0.717, 1.165) is 25.5 Å². The number of hydrogen-bond acceptors (Lipinski definition) is 3. The number of aldehydes is 1. The number of carbonyl (C=O) groups excluding carboxylic acids is 2. The normalized spacial score (nSPS) is 18.1. The van der Waals surface area contributed by atoms with Crippen LogP contribution in [0, 0.1) is 0 Å². The fraction of sp³-hybridized carbons (Fsp3) is 0.818. The number of alkyl carbamates (subject to hydrolysis) is 1. The van der Waals surface area contributed by atoms with E-state index in [1.807, 2.05) is 20.8 Å². The van der Waals surface area contributed by atoms with Crippen molar-refractivity contribution in [1.82, 2.24) is 5.32 Å². The lowest BCUT2D eigenvalue weighted by molar-refractivity contribution is -0.108. The smallest absolute Gasteiger partial charge is 0.408 e. The topological polar surface area (TPSA) is 55.4 Å². The van der Waals surface area contributed by atoms with Crippen molar-refractivity contribution in [2.75, 3.05) is 0 Å². The van der Waals surface area contributed by atoms with Gasteiger partial charge < -0.3 is 14.8 Å². The van der Waals surface area contributed by atoms with Gasteiger partial charge in [-0.1, -0.05) is 0 Å². The number of ether oxygens (including phenoxy) is 1. The van der Waals surface area contributed by atoms with Gasteiger partial charge in [-0.15, -0.1) is 0 Å². The summed E-state index contributed by atoms with van der Waals surface area (Å²) in [5, 5.41) is 2.84. The van der Waals surface area contributed by atoms with E-state index in [-0.39, 0.29) is 11.6 Å². The zero-order valence-corrected chi connectivity index (χ0v) is 9.63. The van der Waals surface area contributed by atoms with Crippen molar-refractivity contribution >= 4 is 12.4 Å². The third-order valence-corrected chi connectivity index (χ3v) is 2.36. The molecule has 0 aliphatic heterocycles. The van der Waals surface area contributed by atoms with Gasteiger partial charge in [-0.3, -0.25) is 0 Å². The zero-order chi connectivity index (χ0) is 11.5. The largest absolute Gasteiger partial charge is 0.444 e. The summed E-state index contributed by atoms with van der Waals surface area (Å²) in [6.45, 7) is 5.49. The Balaban J connectivity index is 2.34. The Hall–Kier alpha value is -1.06. The minimum atomic E-state index is -0.467. The molecule has 0 heterocycles. The van der Waals surface area contributed by atoms with Crippen LogP contribution in [-0.2, 0) is 9.53 Å². The highest BCUT2D eigenvalue weighted by atomic mass is 16.6. The molecule has 0 atom stereocenters. The Labute approximate surface area is 90.4 Å². The van der Waals surface area contributed by atoms with Crippen LogP contribution in [0.1, 0.15) is 46.5 Å². The number of amides is 1. The predicted octanol–water partition coefficient (Wildman–Crippen LogP) is 2.02. The molecule has 1 saturated carbocycles. The molecular formula is C11H19NO3. The van der Waals surface area contributed by atoms with Gasteiger partial charge in [-0.2, -0.15) is 0 Å². The first-order valence-corrected chi connectivity index (χ1v) is 5.32. The van der Waals surface area contributed by atoms with Crippen LogP contribution < -0.4 is 5.32 Å². The molecule has 0 bridgehead atoms. The summed E-state index contributed by atoms with van der Waals surface area (Å²) in [5.74, 6) is 0. The molecule has 0 saturated heterocycles. The van der Waals surface area contributed by atoms with Gasteiger partial charge in [0.2, 0.25) is 0 Å². The lowest BCUT2D eigenvalue weighted by Gasteiger charge is -2.23. The summed E-state index contributed by atoms with van der Waals surface area (Å²) in [7, 11) is 0. The highest BCUT2D eigenvalue weighted by Crippen LogP contribution is 2.39. The standard InChI is InChI=1S/C11H19NO3/c1-10(2,3)15-9(14)12-11(6-7-11)5-4-8-13/h8H,4-7H2,1-3H3,(H,12,14). The van der Waals surface area contributed by atoms with Crippen molar-refractivity contribution in [3.8, 4) is 0 Å². The molecule has 1 amide bonds. The highest BCUT2D eigenvalue weighted by molar-refractivity contribution is 5.69. The van der Waals surface area contributed by atoms with Crippen LogP contribution in [0.25, 0.3) is 0 Å². The van der Waals surface area contributed by atoms with Crippen molar-refractivity contribution in [2.24, 2.45) is 0 Å². The van der Waals surface area contributed by atoms with Crippen molar-refractivity contribution in [3.63, 3.8) is 0 Å². The number of carbonyl (C=O) groups is 2. The Morgan fingerprint density at radius 1 is 1.47 bits per heavy atom. The molecule has 1 aliphatic rings. The summed E-state index contributed by atoms with van der Waals surface area (Å²) in [4.78, 5) is 21.7. The second-order valence-corrected chi connectivity index (χ2v) is 5.11. The Bertz CT molecular complexity index is 251. The number of rotatable bonds is 4. The fourth-order valence-corrected chi connectivity index (χ4v) is 1.44. The van der Waals surface area contributed by atoms with Crippen molar-refractivity contribution in [2.45, 2.75) is 57.6 Å². The monoisotopic (exact) mass is 213 g/mol.